The van der Waals surface area contributed by atoms with Crippen LogP contribution >= 0.6 is 11.3 Å². The van der Waals surface area contributed by atoms with Gasteiger partial charge in [0.2, 0.25) is 0 Å². The van der Waals surface area contributed by atoms with Gasteiger partial charge in [-0.3, -0.25) is 4.79 Å². The molecule has 0 aliphatic heterocycles. The number of carbonyl (C=O) groups excluding carboxylic acids is 1. The predicted molar refractivity (Wildman–Crippen MR) is 56.1 cm³/mol. The van der Waals surface area contributed by atoms with E-state index in [1.807, 2.05) is 19.1 Å². The molecule has 1 rings (SSSR count). The first-order chi connectivity index (χ1) is 6.24. The third kappa shape index (κ3) is 3.04. The summed E-state index contributed by atoms with van der Waals surface area (Å²) in [6.45, 7) is 2.00. The number of hydrogen-bond donors (Lipinski definition) is 0. The number of Topliss-reactive ketones (excluding diaryl/α,β-unsaturated/α-hetero) is 1. The van der Waals surface area contributed by atoms with Crippen molar-refractivity contribution in [1.82, 2.24) is 0 Å². The lowest BCUT2D eigenvalue weighted by molar-refractivity contribution is 0.0984. The lowest BCUT2D eigenvalue weighted by Gasteiger charge is -1.93. The van der Waals surface area contributed by atoms with Crippen molar-refractivity contribution >= 4 is 17.1 Å². The average Bonchev–Trinajstić information content (AvgIpc) is 2.52. The first kappa shape index (κ1) is 10.0. The highest BCUT2D eigenvalue weighted by molar-refractivity contribution is 7.14. The van der Waals surface area contributed by atoms with Crippen molar-refractivity contribution in [2.45, 2.75) is 26.2 Å². The highest BCUT2D eigenvalue weighted by Crippen LogP contribution is 2.17. The van der Waals surface area contributed by atoms with Crippen LogP contribution in [0.5, 0.6) is 0 Å². The number of terminal acetylenes is 1. The monoisotopic (exact) mass is 192 g/mol. The van der Waals surface area contributed by atoms with Gasteiger partial charge in [-0.2, -0.15) is 0 Å². The predicted octanol–water partition coefficient (Wildman–Crippen LogP) is 3.04. The van der Waals surface area contributed by atoms with Crippen LogP contribution in [-0.2, 0) is 0 Å². The van der Waals surface area contributed by atoms with Crippen LogP contribution in [-0.4, -0.2) is 5.78 Å². The summed E-state index contributed by atoms with van der Waals surface area (Å²) in [4.78, 5) is 13.5. The Morgan fingerprint density at radius 1 is 1.62 bits per heavy atom. The van der Waals surface area contributed by atoms with Gasteiger partial charge in [0, 0.05) is 17.7 Å². The molecule has 1 nitrogen and oxygen atoms in total. The quantitative estimate of drug-likeness (QED) is 0.407. The van der Waals surface area contributed by atoms with E-state index in [4.69, 9.17) is 6.42 Å². The molecule has 0 N–H and O–H groups in total. The average molecular weight is 192 g/mol. The molecule has 0 saturated carbocycles. The minimum absolute atomic E-state index is 0.216. The van der Waals surface area contributed by atoms with Gasteiger partial charge in [0.1, 0.15) is 0 Å². The van der Waals surface area contributed by atoms with Crippen LogP contribution in [0.3, 0.4) is 0 Å². The number of hydrogen-bond acceptors (Lipinski definition) is 2. The Labute approximate surface area is 82.8 Å². The summed E-state index contributed by atoms with van der Waals surface area (Å²) in [6, 6.07) is 3.86. The smallest absolute Gasteiger partial charge is 0.172 e. The summed E-state index contributed by atoms with van der Waals surface area (Å²) in [7, 11) is 0. The van der Waals surface area contributed by atoms with E-state index in [9.17, 15) is 4.79 Å². The number of thiophene rings is 1. The van der Waals surface area contributed by atoms with Gasteiger partial charge in [0.15, 0.2) is 5.78 Å². The summed E-state index contributed by atoms with van der Waals surface area (Å²) < 4.78 is 0. The normalized spacial score (nSPS) is 9.54. The van der Waals surface area contributed by atoms with Crippen molar-refractivity contribution in [2.24, 2.45) is 0 Å². The van der Waals surface area contributed by atoms with E-state index in [1.54, 1.807) is 11.3 Å². The fraction of sp³-hybridized carbons (Fsp3) is 0.364. The van der Waals surface area contributed by atoms with E-state index in [1.165, 1.54) is 4.88 Å². The van der Waals surface area contributed by atoms with Crippen LogP contribution in [0.25, 0.3) is 0 Å². The van der Waals surface area contributed by atoms with Crippen LogP contribution in [0.1, 0.15) is 33.8 Å². The van der Waals surface area contributed by atoms with Crippen LogP contribution < -0.4 is 0 Å². The highest BCUT2D eigenvalue weighted by Gasteiger charge is 2.06. The zero-order valence-electron chi connectivity index (χ0n) is 7.67. The van der Waals surface area contributed by atoms with E-state index in [0.29, 0.717) is 12.8 Å². The van der Waals surface area contributed by atoms with Crippen molar-refractivity contribution in [3.8, 4) is 12.3 Å². The van der Waals surface area contributed by atoms with E-state index in [-0.39, 0.29) is 5.78 Å². The largest absolute Gasteiger partial charge is 0.293 e. The molecule has 0 saturated heterocycles. The molecule has 1 heterocycles. The third-order valence-corrected chi connectivity index (χ3v) is 2.78. The summed E-state index contributed by atoms with van der Waals surface area (Å²) in [5, 5.41) is 0. The molecule has 0 amide bonds. The number of carbonyl (C=O) groups is 1. The Bertz CT molecular complexity index is 330. The third-order valence-electron chi connectivity index (χ3n) is 1.74. The topological polar surface area (TPSA) is 17.1 Å². The summed E-state index contributed by atoms with van der Waals surface area (Å²) in [6.07, 6.45) is 7.16. The number of unbranched alkanes of at least 4 members (excludes halogenated alkanes) is 1. The molecule has 0 fully saturated rings. The van der Waals surface area contributed by atoms with Gasteiger partial charge in [-0.25, -0.2) is 0 Å². The van der Waals surface area contributed by atoms with Crippen LogP contribution in [0.4, 0.5) is 0 Å². The summed E-state index contributed by atoms with van der Waals surface area (Å²) in [5.41, 5.74) is 0. The van der Waals surface area contributed by atoms with Gasteiger partial charge in [-0.1, -0.05) is 0 Å². The van der Waals surface area contributed by atoms with E-state index in [0.717, 1.165) is 11.3 Å². The molecular formula is C11H12OS. The van der Waals surface area contributed by atoms with Gasteiger partial charge in [0.05, 0.1) is 4.88 Å². The van der Waals surface area contributed by atoms with Crippen molar-refractivity contribution < 1.29 is 4.79 Å². The minimum Gasteiger partial charge on any atom is -0.293 e. The Morgan fingerprint density at radius 3 is 2.92 bits per heavy atom. The fourth-order valence-electron chi connectivity index (χ4n) is 1.06. The molecule has 1 aromatic rings. The van der Waals surface area contributed by atoms with Gasteiger partial charge in [-0.15, -0.1) is 23.7 Å². The van der Waals surface area contributed by atoms with Gasteiger partial charge < -0.3 is 0 Å². The molecule has 0 spiro atoms. The molecule has 0 aliphatic rings. The molecule has 13 heavy (non-hydrogen) atoms. The van der Waals surface area contributed by atoms with Crippen LogP contribution in [0.2, 0.25) is 0 Å². The van der Waals surface area contributed by atoms with Crippen LogP contribution in [0.15, 0.2) is 12.1 Å². The molecule has 1 aromatic heterocycles. The zero-order valence-corrected chi connectivity index (χ0v) is 8.49. The number of rotatable bonds is 4. The van der Waals surface area contributed by atoms with Crippen molar-refractivity contribution in [3.63, 3.8) is 0 Å². The summed E-state index contributed by atoms with van der Waals surface area (Å²) >= 11 is 1.55. The number of ketones is 1. The molecule has 0 radical (unpaired) electrons. The van der Waals surface area contributed by atoms with Crippen molar-refractivity contribution in [1.29, 1.82) is 0 Å². The molecule has 0 atom stereocenters. The van der Waals surface area contributed by atoms with E-state index >= 15 is 0 Å². The van der Waals surface area contributed by atoms with Crippen molar-refractivity contribution in [2.75, 3.05) is 0 Å². The molecule has 0 bridgehead atoms. The maximum atomic E-state index is 11.5. The fourth-order valence-corrected chi connectivity index (χ4v) is 1.89. The lowest BCUT2D eigenvalue weighted by atomic mass is 10.1. The molecule has 68 valence electrons. The number of aryl methyl sites for hydroxylation is 1. The maximum absolute atomic E-state index is 11.5. The Hall–Kier alpha value is -1.07. The molecule has 0 aliphatic carbocycles. The summed E-state index contributed by atoms with van der Waals surface area (Å²) in [5.74, 6) is 2.75. The van der Waals surface area contributed by atoms with E-state index < -0.39 is 0 Å². The zero-order chi connectivity index (χ0) is 9.68. The highest BCUT2D eigenvalue weighted by atomic mass is 32.1. The van der Waals surface area contributed by atoms with E-state index in [2.05, 4.69) is 5.92 Å². The van der Waals surface area contributed by atoms with Gasteiger partial charge in [0.25, 0.3) is 0 Å². The molecular weight excluding hydrogens is 180 g/mol. The van der Waals surface area contributed by atoms with Crippen molar-refractivity contribution in [3.05, 3.63) is 21.9 Å². The second-order valence-corrected chi connectivity index (χ2v) is 4.18. The standard InChI is InChI=1S/C11H12OS/c1-3-4-5-6-10(12)11-8-7-9(2)13-11/h1,7-8H,4-6H2,2H3. The molecule has 2 heteroatoms. The molecule has 0 unspecified atom stereocenters. The Balaban J connectivity index is 2.45. The first-order valence-corrected chi connectivity index (χ1v) is 5.09. The minimum atomic E-state index is 0.216. The lowest BCUT2D eigenvalue weighted by Crippen LogP contribution is -1.94. The SMILES string of the molecule is C#CCCCC(=O)c1ccc(C)s1. The van der Waals surface area contributed by atoms with Crippen LogP contribution in [0, 0.1) is 19.3 Å². The second-order valence-electron chi connectivity index (χ2n) is 2.89. The van der Waals surface area contributed by atoms with Gasteiger partial charge >= 0.3 is 0 Å². The Kier molecular flexibility index (Phi) is 3.72. The van der Waals surface area contributed by atoms with Gasteiger partial charge in [-0.05, 0) is 25.5 Å². The first-order valence-electron chi connectivity index (χ1n) is 4.27. The Morgan fingerprint density at radius 2 is 2.38 bits per heavy atom. The second kappa shape index (κ2) is 4.84. The molecule has 0 aromatic carbocycles. The maximum Gasteiger partial charge on any atom is 0.172 e.